The molecular formula is C35H44N5O3Si+. The van der Waals surface area contributed by atoms with E-state index in [2.05, 4.69) is 104 Å². The van der Waals surface area contributed by atoms with E-state index in [4.69, 9.17) is 9.15 Å². The average molecular weight is 611 g/mol. The molecule has 0 atom stereocenters. The van der Waals surface area contributed by atoms with Crippen LogP contribution in [0.3, 0.4) is 0 Å². The van der Waals surface area contributed by atoms with Gasteiger partial charge in [0.25, 0.3) is 0 Å². The van der Waals surface area contributed by atoms with Crippen LogP contribution in [0.4, 0.5) is 5.69 Å². The maximum atomic E-state index is 13.6. The molecule has 8 nitrogen and oxygen atoms in total. The third kappa shape index (κ3) is 6.33. The minimum Gasteiger partial charge on any atom is -0.460 e. The van der Waals surface area contributed by atoms with Gasteiger partial charge in [0.1, 0.15) is 39.1 Å². The number of benzene rings is 3. The second kappa shape index (κ2) is 13.2. The molecule has 0 spiro atoms. The Hall–Kier alpha value is -4.24. The highest BCUT2D eigenvalue weighted by atomic mass is 28.3. The highest BCUT2D eigenvalue weighted by molar-refractivity contribution is 6.88. The monoisotopic (exact) mass is 610 g/mol. The van der Waals surface area contributed by atoms with E-state index in [1.807, 2.05) is 30.5 Å². The summed E-state index contributed by atoms with van der Waals surface area (Å²) in [7, 11) is -1.56. The van der Waals surface area contributed by atoms with Gasteiger partial charge in [0, 0.05) is 53.6 Å². The SMILES string of the molecule is CCN(CC)c1ccc2c(-c3ccccc3C(=O)OCCn3cc([Si](C)(C)C)nn3)c3ccc(=[N+](CC)CC)cc-3oc2c1. The third-order valence-corrected chi connectivity index (χ3v) is 9.99. The molecule has 0 bridgehead atoms. The summed E-state index contributed by atoms with van der Waals surface area (Å²) in [6.07, 6.45) is 1.97. The van der Waals surface area contributed by atoms with Gasteiger partial charge in [-0.05, 0) is 57.5 Å². The first-order chi connectivity index (χ1) is 21.2. The molecule has 0 saturated carbocycles. The molecule has 1 aliphatic carbocycles. The molecule has 0 amide bonds. The summed E-state index contributed by atoms with van der Waals surface area (Å²) in [6, 6.07) is 20.4. The van der Waals surface area contributed by atoms with E-state index in [1.54, 1.807) is 4.68 Å². The molecule has 2 aromatic carbocycles. The van der Waals surface area contributed by atoms with Crippen LogP contribution < -0.4 is 20.1 Å². The van der Waals surface area contributed by atoms with Crippen LogP contribution in [0.15, 0.2) is 71.3 Å². The van der Waals surface area contributed by atoms with Crippen molar-refractivity contribution in [3.8, 4) is 22.5 Å². The van der Waals surface area contributed by atoms with Crippen molar-refractivity contribution in [2.75, 3.05) is 37.7 Å². The second-order valence-corrected chi connectivity index (χ2v) is 17.0. The van der Waals surface area contributed by atoms with Crippen LogP contribution in [-0.2, 0) is 11.3 Å². The molecule has 0 fully saturated rings. The Kier molecular flexibility index (Phi) is 9.34. The number of hydrogen-bond acceptors (Lipinski definition) is 6. The zero-order valence-corrected chi connectivity index (χ0v) is 28.1. The van der Waals surface area contributed by atoms with Crippen molar-refractivity contribution in [1.82, 2.24) is 19.6 Å². The number of anilines is 1. The molecule has 2 aliphatic rings. The van der Waals surface area contributed by atoms with Gasteiger partial charge in [0.05, 0.1) is 23.5 Å². The fourth-order valence-electron chi connectivity index (χ4n) is 5.67. The maximum Gasteiger partial charge on any atom is 0.338 e. The molecule has 1 aromatic heterocycles. The third-order valence-electron chi connectivity index (χ3n) is 8.22. The van der Waals surface area contributed by atoms with Crippen molar-refractivity contribution in [2.24, 2.45) is 0 Å². The van der Waals surface area contributed by atoms with Gasteiger partial charge in [-0.25, -0.2) is 14.1 Å². The first-order valence-electron chi connectivity index (χ1n) is 15.7. The molecule has 230 valence electrons. The first kappa shape index (κ1) is 31.2. The van der Waals surface area contributed by atoms with E-state index in [1.165, 1.54) is 0 Å². The minimum absolute atomic E-state index is 0.202. The highest BCUT2D eigenvalue weighted by Crippen LogP contribution is 2.42. The van der Waals surface area contributed by atoms with E-state index in [0.29, 0.717) is 12.1 Å². The zero-order chi connectivity index (χ0) is 31.4. The highest BCUT2D eigenvalue weighted by Gasteiger charge is 2.24. The van der Waals surface area contributed by atoms with Gasteiger partial charge in [-0.2, -0.15) is 0 Å². The number of rotatable bonds is 11. The maximum absolute atomic E-state index is 13.6. The largest absolute Gasteiger partial charge is 0.460 e. The van der Waals surface area contributed by atoms with E-state index in [-0.39, 0.29) is 12.6 Å². The summed E-state index contributed by atoms with van der Waals surface area (Å²) in [4.78, 5) is 15.9. The van der Waals surface area contributed by atoms with Gasteiger partial charge in [-0.3, -0.25) is 0 Å². The normalized spacial score (nSPS) is 11.7. The molecule has 44 heavy (non-hydrogen) atoms. The number of fused-ring (bicyclic) bond motifs is 2. The van der Waals surface area contributed by atoms with Crippen molar-refractivity contribution >= 4 is 36.0 Å². The van der Waals surface area contributed by atoms with E-state index >= 15 is 0 Å². The second-order valence-electron chi connectivity index (χ2n) is 12.0. The van der Waals surface area contributed by atoms with Crippen LogP contribution in [0.25, 0.3) is 33.4 Å². The van der Waals surface area contributed by atoms with Crippen LogP contribution >= 0.6 is 0 Å². The average Bonchev–Trinajstić information content (AvgIpc) is 3.51. The van der Waals surface area contributed by atoms with Crippen LogP contribution in [0.5, 0.6) is 0 Å². The predicted molar refractivity (Wildman–Crippen MR) is 181 cm³/mol. The van der Waals surface area contributed by atoms with Gasteiger partial charge in [0.15, 0.2) is 0 Å². The van der Waals surface area contributed by atoms with E-state index in [9.17, 15) is 4.79 Å². The van der Waals surface area contributed by atoms with E-state index in [0.717, 1.165) is 76.0 Å². The minimum atomic E-state index is -1.56. The van der Waals surface area contributed by atoms with Crippen LogP contribution in [0.2, 0.25) is 19.6 Å². The topological polar surface area (TPSA) is 76.4 Å². The van der Waals surface area contributed by atoms with Gasteiger partial charge < -0.3 is 14.1 Å². The standard InChI is InChI=1S/C35H44N5O3Si/c1-8-38(9-2)25-16-18-29-31(22-25)43-32-23-26(39(10-3)11-4)17-19-30(32)34(29)27-14-12-13-15-28(27)35(41)42-21-20-40-24-33(36-37-40)44(5,6)7/h12-19,22-24H,8-11,20-21H2,1-7H3/q+1. The van der Waals surface area contributed by atoms with Crippen LogP contribution in [-0.4, -0.2) is 61.8 Å². The van der Waals surface area contributed by atoms with Gasteiger partial charge in [-0.15, -0.1) is 5.10 Å². The Morgan fingerprint density at radius 1 is 0.955 bits per heavy atom. The number of nitrogens with zero attached hydrogens (tertiary/aromatic N) is 5. The summed E-state index contributed by atoms with van der Waals surface area (Å²) in [5.41, 5.74) is 5.13. The van der Waals surface area contributed by atoms with Crippen LogP contribution in [0, 0.1) is 0 Å². The number of esters is 1. The lowest BCUT2D eigenvalue weighted by Gasteiger charge is -2.22. The molecule has 3 aromatic rings. The van der Waals surface area contributed by atoms with Crippen molar-refractivity contribution in [1.29, 1.82) is 0 Å². The molecule has 0 radical (unpaired) electrons. The Morgan fingerprint density at radius 3 is 2.39 bits per heavy atom. The Labute approximate surface area is 260 Å². The first-order valence-corrected chi connectivity index (χ1v) is 19.2. The molecule has 0 unspecified atom stereocenters. The van der Waals surface area contributed by atoms with Crippen LogP contribution in [0.1, 0.15) is 38.1 Å². The summed E-state index contributed by atoms with van der Waals surface area (Å²) in [5.74, 6) is 0.411. The molecule has 1 aliphatic heterocycles. The van der Waals surface area contributed by atoms with Crippen molar-refractivity contribution < 1.29 is 13.9 Å². The molecule has 0 saturated heterocycles. The molecule has 9 heteroatoms. The fraction of sp³-hybridized carbons (Fsp3) is 0.371. The quantitative estimate of drug-likeness (QED) is 0.0808. The number of carbonyl (C=O) groups excluding carboxylic acids is 1. The van der Waals surface area contributed by atoms with Gasteiger partial charge >= 0.3 is 5.97 Å². The van der Waals surface area contributed by atoms with Crippen molar-refractivity contribution in [3.63, 3.8) is 0 Å². The number of carbonyl (C=O) groups is 1. The number of hydrogen-bond donors (Lipinski definition) is 0. The molecule has 5 rings (SSSR count). The Balaban J connectivity index is 1.59. The molecular weight excluding hydrogens is 567 g/mol. The molecule has 2 heterocycles. The van der Waals surface area contributed by atoms with Crippen molar-refractivity contribution in [3.05, 3.63) is 77.8 Å². The van der Waals surface area contributed by atoms with Gasteiger partial charge in [0.2, 0.25) is 5.36 Å². The molecule has 0 N–H and O–H groups in total. The lowest BCUT2D eigenvalue weighted by molar-refractivity contribution is 0.0488. The number of aromatic nitrogens is 3. The number of ether oxygens (including phenoxy) is 1. The smallest absolute Gasteiger partial charge is 0.338 e. The summed E-state index contributed by atoms with van der Waals surface area (Å²) < 4.78 is 16.5. The van der Waals surface area contributed by atoms with E-state index < -0.39 is 8.07 Å². The summed E-state index contributed by atoms with van der Waals surface area (Å²) in [6.45, 7) is 19.6. The Bertz CT molecular complexity index is 1810. The predicted octanol–water partition coefficient (Wildman–Crippen LogP) is 5.86. The summed E-state index contributed by atoms with van der Waals surface area (Å²) in [5, 5.41) is 11.7. The lowest BCUT2D eigenvalue weighted by Crippen LogP contribution is -2.38. The fourth-order valence-corrected chi connectivity index (χ4v) is 6.55. The lowest BCUT2D eigenvalue weighted by atomic mass is 9.90. The zero-order valence-electron chi connectivity index (χ0n) is 27.1. The summed E-state index contributed by atoms with van der Waals surface area (Å²) >= 11 is 0. The van der Waals surface area contributed by atoms with Gasteiger partial charge in [-0.1, -0.05) is 43.1 Å². The Morgan fingerprint density at radius 2 is 1.70 bits per heavy atom. The van der Waals surface area contributed by atoms with Crippen molar-refractivity contribution in [2.45, 2.75) is 53.9 Å².